The van der Waals surface area contributed by atoms with E-state index in [2.05, 4.69) is 12.2 Å². The number of hydrogen-bond donors (Lipinski definition) is 1. The molecule has 28 heavy (non-hydrogen) atoms. The Labute approximate surface area is 162 Å². The van der Waals surface area contributed by atoms with E-state index in [1.54, 1.807) is 4.90 Å². The van der Waals surface area contributed by atoms with E-state index in [4.69, 9.17) is 4.74 Å². The number of rotatable bonds is 6. The Morgan fingerprint density at radius 1 is 1.29 bits per heavy atom. The topological polar surface area (TPSA) is 102 Å². The zero-order chi connectivity index (χ0) is 20.3. The monoisotopic (exact) mass is 383 g/mol. The summed E-state index contributed by atoms with van der Waals surface area (Å²) in [5, 5.41) is 13.6. The molecule has 0 bridgehead atoms. The maximum Gasteiger partial charge on any atom is 0.271 e. The van der Waals surface area contributed by atoms with Gasteiger partial charge >= 0.3 is 0 Å². The van der Waals surface area contributed by atoms with Crippen LogP contribution in [0.5, 0.6) is 5.75 Å². The smallest absolute Gasteiger partial charge is 0.271 e. The van der Waals surface area contributed by atoms with E-state index in [0.717, 1.165) is 12.1 Å². The molecule has 2 aromatic carbocycles. The summed E-state index contributed by atoms with van der Waals surface area (Å²) in [7, 11) is 1.41. The maximum absolute atomic E-state index is 12.7. The molecule has 2 amide bonds. The highest BCUT2D eigenvalue weighted by molar-refractivity contribution is 6.04. The lowest BCUT2D eigenvalue weighted by atomic mass is 10.1. The van der Waals surface area contributed by atoms with Gasteiger partial charge in [-0.1, -0.05) is 19.1 Å². The second kappa shape index (κ2) is 8.08. The Morgan fingerprint density at radius 2 is 2.00 bits per heavy atom. The van der Waals surface area contributed by atoms with Gasteiger partial charge < -0.3 is 15.0 Å². The zero-order valence-electron chi connectivity index (χ0n) is 15.7. The summed E-state index contributed by atoms with van der Waals surface area (Å²) in [6, 6.07) is 11.6. The van der Waals surface area contributed by atoms with Crippen molar-refractivity contribution in [3.05, 3.63) is 58.1 Å². The molecular formula is C20H21N3O5. The van der Waals surface area contributed by atoms with Gasteiger partial charge in [0.2, 0.25) is 11.8 Å². The molecule has 1 unspecified atom stereocenters. The number of methoxy groups -OCH3 is 1. The van der Waals surface area contributed by atoms with E-state index >= 15 is 0 Å². The number of aryl methyl sites for hydroxylation is 1. The Hall–Kier alpha value is -3.42. The highest BCUT2D eigenvalue weighted by Gasteiger charge is 2.35. The molecule has 1 saturated heterocycles. The molecule has 1 N–H and O–H groups in total. The van der Waals surface area contributed by atoms with Crippen LogP contribution in [0, 0.1) is 16.0 Å². The Kier molecular flexibility index (Phi) is 5.58. The van der Waals surface area contributed by atoms with Crippen LogP contribution in [0.3, 0.4) is 0 Å². The molecule has 3 rings (SSSR count). The quantitative estimate of drug-likeness (QED) is 0.610. The number of benzene rings is 2. The van der Waals surface area contributed by atoms with Crippen LogP contribution in [0.2, 0.25) is 0 Å². The molecule has 0 radical (unpaired) electrons. The first-order chi connectivity index (χ1) is 13.4. The van der Waals surface area contributed by atoms with Gasteiger partial charge in [-0.25, -0.2) is 0 Å². The molecule has 1 fully saturated rings. The SMILES string of the molecule is CCc1ccc(N2CC(C(=O)Nc3cc([N+](=O)[O-])ccc3OC)CC2=O)cc1. The Bertz CT molecular complexity index is 911. The number of nitrogens with zero attached hydrogens (tertiary/aromatic N) is 2. The average Bonchev–Trinajstić information content (AvgIpc) is 3.09. The standard InChI is InChI=1S/C20H21N3O5/c1-3-13-4-6-15(7-5-13)22-12-14(10-19(22)24)20(25)21-17-11-16(23(26)27)8-9-18(17)28-2/h4-9,11,14H,3,10,12H2,1-2H3,(H,21,25). The van der Waals surface area contributed by atoms with Crippen LogP contribution in [-0.4, -0.2) is 30.4 Å². The van der Waals surface area contributed by atoms with Gasteiger partial charge in [-0.3, -0.25) is 19.7 Å². The number of anilines is 2. The van der Waals surface area contributed by atoms with Crippen molar-refractivity contribution < 1.29 is 19.2 Å². The summed E-state index contributed by atoms with van der Waals surface area (Å²) >= 11 is 0. The highest BCUT2D eigenvalue weighted by Crippen LogP contribution is 2.31. The Morgan fingerprint density at radius 3 is 2.61 bits per heavy atom. The van der Waals surface area contributed by atoms with Crippen molar-refractivity contribution in [2.75, 3.05) is 23.9 Å². The van der Waals surface area contributed by atoms with Gasteiger partial charge in [0.15, 0.2) is 0 Å². The number of hydrogen-bond acceptors (Lipinski definition) is 5. The number of amides is 2. The molecule has 1 aliphatic heterocycles. The van der Waals surface area contributed by atoms with Crippen molar-refractivity contribution in [3.8, 4) is 5.75 Å². The van der Waals surface area contributed by atoms with Crippen molar-refractivity contribution in [2.24, 2.45) is 5.92 Å². The summed E-state index contributed by atoms with van der Waals surface area (Å²) in [4.78, 5) is 37.1. The predicted octanol–water partition coefficient (Wildman–Crippen LogP) is 3.16. The summed E-state index contributed by atoms with van der Waals surface area (Å²) in [6.45, 7) is 2.31. The summed E-state index contributed by atoms with van der Waals surface area (Å²) in [5.74, 6) is -0.743. The number of nitro benzene ring substituents is 1. The molecule has 8 heteroatoms. The molecule has 2 aromatic rings. The first kappa shape index (κ1) is 19.3. The lowest BCUT2D eigenvalue weighted by Gasteiger charge is -2.17. The lowest BCUT2D eigenvalue weighted by Crippen LogP contribution is -2.28. The number of carbonyl (C=O) groups is 2. The van der Waals surface area contributed by atoms with Gasteiger partial charge in [0, 0.05) is 30.8 Å². The molecule has 0 aliphatic carbocycles. The summed E-state index contributed by atoms with van der Waals surface area (Å²) < 4.78 is 5.16. The van der Waals surface area contributed by atoms with Crippen LogP contribution in [0.25, 0.3) is 0 Å². The minimum Gasteiger partial charge on any atom is -0.495 e. The number of carbonyl (C=O) groups excluding carboxylic acids is 2. The van der Waals surface area contributed by atoms with Crippen LogP contribution in [-0.2, 0) is 16.0 Å². The van der Waals surface area contributed by atoms with E-state index in [0.29, 0.717) is 5.75 Å². The van der Waals surface area contributed by atoms with Gasteiger partial charge in [-0.15, -0.1) is 0 Å². The van der Waals surface area contributed by atoms with Gasteiger partial charge in [0.05, 0.1) is 23.6 Å². The molecule has 146 valence electrons. The Balaban J connectivity index is 1.74. The predicted molar refractivity (Wildman–Crippen MR) is 105 cm³/mol. The van der Waals surface area contributed by atoms with Gasteiger partial charge in [-0.05, 0) is 30.2 Å². The van der Waals surface area contributed by atoms with Gasteiger partial charge in [-0.2, -0.15) is 0 Å². The fourth-order valence-electron chi connectivity index (χ4n) is 3.19. The normalized spacial score (nSPS) is 16.1. The van der Waals surface area contributed by atoms with Crippen LogP contribution in [0.15, 0.2) is 42.5 Å². The second-order valence-corrected chi connectivity index (χ2v) is 6.56. The van der Waals surface area contributed by atoms with Crippen LogP contribution >= 0.6 is 0 Å². The van der Waals surface area contributed by atoms with E-state index < -0.39 is 10.8 Å². The largest absolute Gasteiger partial charge is 0.495 e. The van der Waals surface area contributed by atoms with Crippen LogP contribution < -0.4 is 15.0 Å². The molecule has 1 heterocycles. The average molecular weight is 383 g/mol. The number of nitrogens with one attached hydrogen (secondary N) is 1. The third-order valence-electron chi connectivity index (χ3n) is 4.80. The minimum atomic E-state index is -0.553. The number of non-ortho nitro benzene ring substituents is 1. The fourth-order valence-corrected chi connectivity index (χ4v) is 3.19. The van der Waals surface area contributed by atoms with E-state index in [1.165, 1.54) is 30.9 Å². The summed E-state index contributed by atoms with van der Waals surface area (Å²) in [6.07, 6.45) is 0.989. The molecule has 0 aromatic heterocycles. The molecule has 1 aliphatic rings. The molecule has 0 spiro atoms. The van der Waals surface area contributed by atoms with Crippen LogP contribution in [0.4, 0.5) is 17.1 Å². The second-order valence-electron chi connectivity index (χ2n) is 6.56. The van der Waals surface area contributed by atoms with Crippen molar-refractivity contribution in [1.82, 2.24) is 0 Å². The van der Waals surface area contributed by atoms with Crippen molar-refractivity contribution in [3.63, 3.8) is 0 Å². The van der Waals surface area contributed by atoms with Crippen molar-refractivity contribution in [1.29, 1.82) is 0 Å². The molecule has 8 nitrogen and oxygen atoms in total. The minimum absolute atomic E-state index is 0.0819. The first-order valence-corrected chi connectivity index (χ1v) is 8.95. The number of nitro groups is 1. The third kappa shape index (κ3) is 3.95. The van der Waals surface area contributed by atoms with Gasteiger partial charge in [0.1, 0.15) is 5.75 Å². The molecular weight excluding hydrogens is 362 g/mol. The molecule has 0 saturated carbocycles. The summed E-state index contributed by atoms with van der Waals surface area (Å²) in [5.41, 5.74) is 1.98. The number of ether oxygens (including phenoxy) is 1. The maximum atomic E-state index is 12.7. The van der Waals surface area contributed by atoms with Crippen molar-refractivity contribution in [2.45, 2.75) is 19.8 Å². The van der Waals surface area contributed by atoms with E-state index in [-0.39, 0.29) is 36.2 Å². The van der Waals surface area contributed by atoms with Crippen LogP contribution in [0.1, 0.15) is 18.9 Å². The van der Waals surface area contributed by atoms with Gasteiger partial charge in [0.25, 0.3) is 5.69 Å². The fraction of sp³-hybridized carbons (Fsp3) is 0.300. The van der Waals surface area contributed by atoms with Crippen molar-refractivity contribution >= 4 is 28.9 Å². The lowest BCUT2D eigenvalue weighted by molar-refractivity contribution is -0.384. The highest BCUT2D eigenvalue weighted by atomic mass is 16.6. The first-order valence-electron chi connectivity index (χ1n) is 8.95. The molecule has 1 atom stereocenters. The third-order valence-corrected chi connectivity index (χ3v) is 4.80. The van der Waals surface area contributed by atoms with E-state index in [9.17, 15) is 19.7 Å². The zero-order valence-corrected chi connectivity index (χ0v) is 15.7. The van der Waals surface area contributed by atoms with E-state index in [1.807, 2.05) is 24.3 Å².